The van der Waals surface area contributed by atoms with E-state index in [0.29, 0.717) is 0 Å². The molecule has 2 aliphatic carbocycles. The van der Waals surface area contributed by atoms with E-state index in [1.54, 1.807) is 27.8 Å². The van der Waals surface area contributed by atoms with E-state index in [4.69, 9.17) is 45.9 Å². The molecular formula is C140H272N8. The molecule has 0 saturated carbocycles. The molecule has 2 aliphatic rings. The first kappa shape index (κ1) is 145. The summed E-state index contributed by atoms with van der Waals surface area (Å²) >= 11 is 0. The Balaban J connectivity index is 0.00000195. The van der Waals surface area contributed by atoms with E-state index in [0.717, 1.165) is 112 Å². The molecule has 16 N–H and O–H groups in total. The zero-order valence-corrected chi connectivity index (χ0v) is 102. The van der Waals surface area contributed by atoms with Gasteiger partial charge in [0, 0.05) is 0 Å². The molecule has 8 nitrogen and oxygen atoms in total. The second-order valence-corrected chi connectivity index (χ2v) is 47.5. The van der Waals surface area contributed by atoms with Crippen molar-refractivity contribution in [1.29, 1.82) is 0 Å². The van der Waals surface area contributed by atoms with Gasteiger partial charge >= 0.3 is 0 Å². The van der Waals surface area contributed by atoms with Crippen LogP contribution in [-0.2, 0) is 25.7 Å². The van der Waals surface area contributed by atoms with Gasteiger partial charge in [0.1, 0.15) is 0 Å². The van der Waals surface area contributed by atoms with E-state index in [1.807, 2.05) is 0 Å². The molecular weight excluding hydrogens is 1790 g/mol. The van der Waals surface area contributed by atoms with Crippen LogP contribution in [0.15, 0.2) is 84.5 Å². The lowest BCUT2D eigenvalue weighted by Crippen LogP contribution is -2.32. The molecule has 148 heavy (non-hydrogen) atoms. The molecule has 8 heteroatoms. The second-order valence-electron chi connectivity index (χ2n) is 47.5. The zero-order chi connectivity index (χ0) is 108. The van der Waals surface area contributed by atoms with Gasteiger partial charge in [-0.15, -0.1) is 0 Å². The van der Waals surface area contributed by atoms with Gasteiger partial charge in [-0.05, 0) is 359 Å². The van der Waals surface area contributed by atoms with Crippen LogP contribution < -0.4 is 45.9 Å². The minimum absolute atomic E-state index is 0.769. The summed E-state index contributed by atoms with van der Waals surface area (Å²) in [5.41, 5.74) is 54.1. The summed E-state index contributed by atoms with van der Waals surface area (Å²) in [7, 11) is 0. The van der Waals surface area contributed by atoms with Crippen LogP contribution in [0.4, 0.5) is 0 Å². The van der Waals surface area contributed by atoms with Gasteiger partial charge in [-0.3, -0.25) is 0 Å². The lowest BCUT2D eigenvalue weighted by atomic mass is 9.64. The molecule has 0 radical (unpaired) electrons. The van der Waals surface area contributed by atoms with Crippen molar-refractivity contribution in [3.05, 3.63) is 107 Å². The number of hydrogen-bond acceptors (Lipinski definition) is 8. The maximum Gasteiger partial charge on any atom is -0.00773 e. The Labute approximate surface area is 930 Å². The highest BCUT2D eigenvalue weighted by Gasteiger charge is 2.37. The number of hydrogen-bond donors (Lipinski definition) is 8. The van der Waals surface area contributed by atoms with E-state index in [9.17, 15) is 0 Å². The first-order chi connectivity index (χ1) is 73.1. The van der Waals surface area contributed by atoms with Crippen LogP contribution in [0.3, 0.4) is 0 Å². The minimum Gasteiger partial charge on any atom is -0.330 e. The van der Waals surface area contributed by atoms with Gasteiger partial charge in [0.2, 0.25) is 0 Å². The average Bonchev–Trinajstić information content (AvgIpc) is 0.825. The molecule has 0 aliphatic heterocycles. The van der Waals surface area contributed by atoms with Crippen LogP contribution in [0.1, 0.15) is 675 Å². The molecule has 0 fully saturated rings. The molecule has 9 unspecified atom stereocenters. The van der Waals surface area contributed by atoms with Gasteiger partial charge in [0.05, 0.1) is 0 Å². The van der Waals surface area contributed by atoms with E-state index in [-0.39, 0.29) is 0 Å². The Kier molecular flexibility index (Phi) is 118. The highest BCUT2D eigenvalue weighted by molar-refractivity contribution is 5.42. The molecule has 3 rings (SSSR count). The number of aryl methyl sites for hydroxylation is 2. The van der Waals surface area contributed by atoms with Crippen LogP contribution >= 0.6 is 0 Å². The zero-order valence-electron chi connectivity index (χ0n) is 102. The predicted molar refractivity (Wildman–Crippen MR) is 674 cm³/mol. The summed E-state index contributed by atoms with van der Waals surface area (Å²) in [4.78, 5) is 0. The van der Waals surface area contributed by atoms with E-state index in [2.05, 4.69) is 134 Å². The van der Waals surface area contributed by atoms with Crippen molar-refractivity contribution in [2.24, 2.45) is 99.1 Å². The number of allylic oxidation sites excluding steroid dienone is 12. The van der Waals surface area contributed by atoms with E-state index in [1.165, 1.54) is 616 Å². The van der Waals surface area contributed by atoms with Gasteiger partial charge in [0.25, 0.3) is 0 Å². The van der Waals surface area contributed by atoms with Crippen LogP contribution in [0, 0.1) is 53.3 Å². The first-order valence-corrected chi connectivity index (χ1v) is 67.9. The quantitative estimate of drug-likeness (QED) is 0.0232. The predicted octanol–water partition coefficient (Wildman–Crippen LogP) is 42.2. The molecule has 0 amide bonds. The largest absolute Gasteiger partial charge is 0.330 e. The Bertz CT molecular complexity index is 2930. The first-order valence-electron chi connectivity index (χ1n) is 67.9. The molecule has 0 saturated heterocycles. The molecule has 0 heterocycles. The Morgan fingerprint density at radius 2 is 0.446 bits per heavy atom. The summed E-state index contributed by atoms with van der Waals surface area (Å²) in [5.74, 6) is 7.70. The normalized spacial score (nSPS) is 17.1. The van der Waals surface area contributed by atoms with Gasteiger partial charge in [-0.2, -0.15) is 0 Å². The fraction of sp³-hybridized carbons (Fsp3) is 0.871. The highest BCUT2D eigenvalue weighted by atomic mass is 14.5. The van der Waals surface area contributed by atoms with Crippen molar-refractivity contribution in [3.8, 4) is 0 Å². The smallest absolute Gasteiger partial charge is 0.00773 e. The van der Waals surface area contributed by atoms with Crippen molar-refractivity contribution in [2.75, 3.05) is 52.4 Å². The van der Waals surface area contributed by atoms with E-state index < -0.39 is 0 Å². The summed E-state index contributed by atoms with van der Waals surface area (Å²) in [5, 5.41) is 0. The molecule has 9 atom stereocenters. The average molecular weight is 2070 g/mol. The van der Waals surface area contributed by atoms with Crippen LogP contribution in [0.25, 0.3) is 0 Å². The Morgan fingerprint density at radius 1 is 0.209 bits per heavy atom. The lowest BCUT2D eigenvalue weighted by Gasteiger charge is -2.41. The molecule has 1 aromatic rings. The summed E-state index contributed by atoms with van der Waals surface area (Å²) < 4.78 is 0. The molecule has 872 valence electrons. The topological polar surface area (TPSA) is 208 Å². The monoisotopic (exact) mass is 2070 g/mol. The van der Waals surface area contributed by atoms with Crippen molar-refractivity contribution >= 4 is 0 Å². The van der Waals surface area contributed by atoms with Crippen molar-refractivity contribution in [3.63, 3.8) is 0 Å². The second kappa shape index (κ2) is 120. The number of unbranched alkanes of at least 4 members (excludes halogenated alkanes) is 64. The van der Waals surface area contributed by atoms with Gasteiger partial charge < -0.3 is 45.9 Å². The SMILES string of the molecule is CCCCC/C=C/C/C=C(/CCCCCCCCN)C(CC/C=C/CCCCC)CCCCCCCCN.CCCCC/C=C/CC1C(CCCCCC)C=CC(CCCCCCCCN)C1CCCCCCCCN.CCCCCCC1C(CCCC)C=CC(CCCCCCCCN)C1CCCCCCCCN.CCCCCCCCc1c(CCCCCC)ccc(CCCCCCCCN)c1CCCCCCCCN. The van der Waals surface area contributed by atoms with Crippen LogP contribution in [0.5, 0.6) is 0 Å². The third-order valence-corrected chi connectivity index (χ3v) is 34.1. The molecule has 0 spiro atoms. The maximum atomic E-state index is 5.70. The van der Waals surface area contributed by atoms with Gasteiger partial charge in [-0.25, -0.2) is 0 Å². The van der Waals surface area contributed by atoms with Crippen LogP contribution in [0.2, 0.25) is 0 Å². The Hall–Kier alpha value is -2.66. The standard InChI is InChI=1S/C36H70N2.C36H68N2.C36H70N2.C32H64N2/c2*1-3-5-7-9-15-21-27-35-33(25-19-8-6-4-2)29-30-34(26-20-14-10-12-17-23-31-37)36(35)28-22-16-11-13-18-24-32-38;1-3-5-7-9-11-17-23-29-35(31-25-19-13-15-21-27-33-37)36(30-24-18-12-10-8-6-4-2)32-26-20-14-16-22-28-34-38;1-3-5-7-17-23-31-29(21-6-4-2)25-26-30(22-16-12-8-10-14-19-27-33)32(31)24-18-13-9-11-15-20-28-34/h15,21,29-30,33-36H,3-14,16-20,22-28,31-32,37-38H2,1-2H3;29-30H,3-28,31-32,37-38H2,1-2H3;11-12,17-18,29,36H,3-10,13-16,19-28,30-34,37-38H2,1-2H3;25-26,29-32H,3-24,27-28,33-34H2,1-2H3/b21-15+;;17-11+,18-12+,35-29-;. The Morgan fingerprint density at radius 3 is 0.784 bits per heavy atom. The van der Waals surface area contributed by atoms with Gasteiger partial charge in [-0.1, -0.05) is 532 Å². The van der Waals surface area contributed by atoms with E-state index >= 15 is 0 Å². The van der Waals surface area contributed by atoms with Crippen molar-refractivity contribution < 1.29 is 0 Å². The molecule has 0 bridgehead atoms. The highest BCUT2D eigenvalue weighted by Crippen LogP contribution is 2.47. The summed E-state index contributed by atoms with van der Waals surface area (Å²) in [6.07, 6.45) is 160. The fourth-order valence-corrected chi connectivity index (χ4v) is 24.6. The minimum atomic E-state index is 0.769. The third-order valence-electron chi connectivity index (χ3n) is 34.1. The van der Waals surface area contributed by atoms with Crippen molar-refractivity contribution in [1.82, 2.24) is 0 Å². The molecule has 1 aromatic carbocycles. The summed E-state index contributed by atoms with van der Waals surface area (Å²) in [6, 6.07) is 5.09. The lowest BCUT2D eigenvalue weighted by molar-refractivity contribution is 0.146. The number of nitrogens with two attached hydrogens (primary N) is 8. The van der Waals surface area contributed by atoms with Crippen molar-refractivity contribution in [2.45, 2.75) is 678 Å². The fourth-order valence-electron chi connectivity index (χ4n) is 24.6. The van der Waals surface area contributed by atoms with Crippen LogP contribution in [-0.4, -0.2) is 52.4 Å². The number of rotatable bonds is 109. The summed E-state index contributed by atoms with van der Waals surface area (Å²) in [6.45, 7) is 25.4. The molecule has 0 aromatic heterocycles. The maximum absolute atomic E-state index is 5.70. The third kappa shape index (κ3) is 89.3. The number of benzene rings is 1. The van der Waals surface area contributed by atoms with Gasteiger partial charge in [0.15, 0.2) is 0 Å².